The fourth-order valence-electron chi connectivity index (χ4n) is 2.62. The molecule has 0 aliphatic carbocycles. The number of nitrogens with one attached hydrogen (secondary N) is 2. The maximum atomic E-state index is 12.4. The van der Waals surface area contributed by atoms with Crippen molar-refractivity contribution >= 4 is 61.3 Å². The summed E-state index contributed by atoms with van der Waals surface area (Å²) in [5.41, 5.74) is 1.31. The van der Waals surface area contributed by atoms with Gasteiger partial charge in [0.1, 0.15) is 0 Å². The number of benzene rings is 2. The van der Waals surface area contributed by atoms with Crippen LogP contribution in [0, 0.1) is 0 Å². The molecule has 0 radical (unpaired) electrons. The Bertz CT molecular complexity index is 1150. The second-order valence-electron chi connectivity index (χ2n) is 5.86. The first-order valence-corrected chi connectivity index (χ1v) is 10.8. The predicted molar refractivity (Wildman–Crippen MR) is 115 cm³/mol. The van der Waals surface area contributed by atoms with Gasteiger partial charge in [-0.3, -0.25) is 15.4 Å². The first-order chi connectivity index (χ1) is 14.3. The Balaban J connectivity index is 1.72. The number of methoxy groups -OCH3 is 2. The number of carbonyl (C=O) groups is 2. The standard InChI is InChI=1S/C18H16ClN3O6S2/c1-27-12-6-4-10(14(19)15(12)28-2)16(23)21-17(24)22-18-20-11-5-3-9(8-30(25)26)7-13(11)29-18/h3-7H,8H2,1-2H3,(H,25,26)(H2,20,21,22,23,24). The molecule has 0 saturated carbocycles. The number of hydrogen-bond acceptors (Lipinski definition) is 7. The molecular formula is C18H16ClN3O6S2. The predicted octanol–water partition coefficient (Wildman–Crippen LogP) is 3.65. The molecule has 30 heavy (non-hydrogen) atoms. The summed E-state index contributed by atoms with van der Waals surface area (Å²) >= 11 is 5.40. The van der Waals surface area contributed by atoms with Gasteiger partial charge in [-0.05, 0) is 29.8 Å². The van der Waals surface area contributed by atoms with Crippen LogP contribution in [-0.2, 0) is 16.8 Å². The second kappa shape index (κ2) is 9.39. The lowest BCUT2D eigenvalue weighted by Crippen LogP contribution is -2.34. The number of halogens is 1. The number of nitrogens with zero attached hydrogens (tertiary/aromatic N) is 1. The average molecular weight is 470 g/mol. The third-order valence-electron chi connectivity index (χ3n) is 3.92. The third kappa shape index (κ3) is 4.87. The number of ether oxygens (including phenoxy) is 2. The van der Waals surface area contributed by atoms with Crippen LogP contribution in [0.5, 0.6) is 11.5 Å². The molecule has 0 aliphatic rings. The smallest absolute Gasteiger partial charge is 0.327 e. The molecule has 0 spiro atoms. The Morgan fingerprint density at radius 2 is 2.00 bits per heavy atom. The van der Waals surface area contributed by atoms with Crippen LogP contribution in [0.3, 0.4) is 0 Å². The van der Waals surface area contributed by atoms with Gasteiger partial charge in [0.05, 0.1) is 40.8 Å². The molecule has 12 heteroatoms. The minimum absolute atomic E-state index is 0.00231. The topological polar surface area (TPSA) is 127 Å². The molecule has 1 atom stereocenters. The van der Waals surface area contributed by atoms with E-state index in [-0.39, 0.29) is 27.2 Å². The summed E-state index contributed by atoms with van der Waals surface area (Å²) in [5.74, 6) is -0.204. The number of anilines is 1. The number of imide groups is 1. The van der Waals surface area contributed by atoms with E-state index in [0.29, 0.717) is 16.8 Å². The van der Waals surface area contributed by atoms with Gasteiger partial charge in [-0.25, -0.2) is 14.0 Å². The summed E-state index contributed by atoms with van der Waals surface area (Å²) in [6.45, 7) is 0. The van der Waals surface area contributed by atoms with Gasteiger partial charge < -0.3 is 14.0 Å². The molecule has 1 heterocycles. The molecule has 158 valence electrons. The average Bonchev–Trinajstić information content (AvgIpc) is 3.08. The molecule has 1 unspecified atom stereocenters. The van der Waals surface area contributed by atoms with Crippen LogP contribution < -0.4 is 20.1 Å². The maximum Gasteiger partial charge on any atom is 0.327 e. The lowest BCUT2D eigenvalue weighted by atomic mass is 10.2. The summed E-state index contributed by atoms with van der Waals surface area (Å²) in [6.07, 6.45) is 0. The minimum atomic E-state index is -1.95. The van der Waals surface area contributed by atoms with Gasteiger partial charge in [-0.15, -0.1) is 0 Å². The van der Waals surface area contributed by atoms with Crippen LogP contribution >= 0.6 is 22.9 Å². The molecule has 0 fully saturated rings. The second-order valence-corrected chi connectivity index (χ2v) is 8.20. The van der Waals surface area contributed by atoms with E-state index in [1.165, 1.54) is 37.7 Å². The van der Waals surface area contributed by atoms with Gasteiger partial charge in [0, 0.05) is 0 Å². The van der Waals surface area contributed by atoms with Crippen LogP contribution in [0.4, 0.5) is 9.93 Å². The normalized spacial score (nSPS) is 11.7. The van der Waals surface area contributed by atoms with Crippen LogP contribution in [0.1, 0.15) is 15.9 Å². The molecule has 0 bridgehead atoms. The van der Waals surface area contributed by atoms with Crippen molar-refractivity contribution in [1.29, 1.82) is 0 Å². The van der Waals surface area contributed by atoms with E-state index in [1.54, 1.807) is 18.2 Å². The van der Waals surface area contributed by atoms with Gasteiger partial charge in [-0.1, -0.05) is 29.0 Å². The van der Waals surface area contributed by atoms with Crippen molar-refractivity contribution in [2.45, 2.75) is 5.75 Å². The quantitative estimate of drug-likeness (QED) is 0.470. The Morgan fingerprint density at radius 1 is 1.23 bits per heavy atom. The van der Waals surface area contributed by atoms with Gasteiger partial charge in [-0.2, -0.15) is 0 Å². The van der Waals surface area contributed by atoms with Crippen molar-refractivity contribution in [2.24, 2.45) is 0 Å². The summed E-state index contributed by atoms with van der Waals surface area (Å²) in [6, 6.07) is 7.22. The number of aromatic nitrogens is 1. The van der Waals surface area contributed by atoms with E-state index in [1.807, 2.05) is 0 Å². The number of hydrogen-bond donors (Lipinski definition) is 3. The van der Waals surface area contributed by atoms with Gasteiger partial charge >= 0.3 is 6.03 Å². The third-order valence-corrected chi connectivity index (χ3v) is 5.81. The lowest BCUT2D eigenvalue weighted by Gasteiger charge is -2.12. The number of amides is 3. The van der Waals surface area contributed by atoms with E-state index in [4.69, 9.17) is 25.6 Å². The van der Waals surface area contributed by atoms with E-state index < -0.39 is 23.0 Å². The number of thiazole rings is 1. The number of rotatable bonds is 6. The molecule has 0 saturated heterocycles. The first kappa shape index (κ1) is 22.0. The summed E-state index contributed by atoms with van der Waals surface area (Å²) in [4.78, 5) is 28.9. The Kier molecular flexibility index (Phi) is 6.87. The zero-order valence-electron chi connectivity index (χ0n) is 15.7. The van der Waals surface area contributed by atoms with Crippen LogP contribution in [0.2, 0.25) is 5.02 Å². The summed E-state index contributed by atoms with van der Waals surface area (Å²) in [7, 11) is 2.82. The van der Waals surface area contributed by atoms with Crippen molar-refractivity contribution in [3.63, 3.8) is 0 Å². The van der Waals surface area contributed by atoms with E-state index in [9.17, 15) is 13.8 Å². The fraction of sp³-hybridized carbons (Fsp3) is 0.167. The van der Waals surface area contributed by atoms with E-state index in [2.05, 4.69) is 15.6 Å². The molecule has 3 amide bonds. The van der Waals surface area contributed by atoms with Crippen molar-refractivity contribution in [3.05, 3.63) is 46.5 Å². The number of carbonyl (C=O) groups excluding carboxylic acids is 2. The molecule has 3 N–H and O–H groups in total. The fourth-order valence-corrected chi connectivity index (χ4v) is 4.33. The molecular weight excluding hydrogens is 454 g/mol. The number of urea groups is 1. The van der Waals surface area contributed by atoms with Gasteiger partial charge in [0.15, 0.2) is 27.7 Å². The summed E-state index contributed by atoms with van der Waals surface area (Å²) < 4.78 is 30.9. The van der Waals surface area contributed by atoms with Crippen molar-refractivity contribution in [2.75, 3.05) is 19.5 Å². The SMILES string of the molecule is COc1ccc(C(=O)NC(=O)Nc2nc3ccc(CS(=O)O)cc3s2)c(Cl)c1OC. The highest BCUT2D eigenvalue weighted by Crippen LogP contribution is 2.37. The molecule has 2 aromatic carbocycles. The largest absolute Gasteiger partial charge is 0.493 e. The highest BCUT2D eigenvalue weighted by atomic mass is 35.5. The molecule has 9 nitrogen and oxygen atoms in total. The van der Waals surface area contributed by atoms with Crippen molar-refractivity contribution in [1.82, 2.24) is 10.3 Å². The molecule has 3 aromatic rings. The van der Waals surface area contributed by atoms with Crippen LogP contribution in [0.15, 0.2) is 30.3 Å². The summed E-state index contributed by atoms with van der Waals surface area (Å²) in [5, 5.41) is 4.94. The minimum Gasteiger partial charge on any atom is -0.493 e. The first-order valence-electron chi connectivity index (χ1n) is 8.32. The van der Waals surface area contributed by atoms with Crippen LogP contribution in [0.25, 0.3) is 10.2 Å². The molecule has 1 aromatic heterocycles. The lowest BCUT2D eigenvalue weighted by molar-refractivity contribution is 0.0967. The van der Waals surface area contributed by atoms with Crippen molar-refractivity contribution < 1.29 is 27.8 Å². The van der Waals surface area contributed by atoms with E-state index in [0.717, 1.165) is 4.70 Å². The van der Waals surface area contributed by atoms with Gasteiger partial charge in [0.25, 0.3) is 5.91 Å². The maximum absolute atomic E-state index is 12.4. The number of fused-ring (bicyclic) bond motifs is 1. The zero-order valence-corrected chi connectivity index (χ0v) is 18.1. The Morgan fingerprint density at radius 3 is 2.67 bits per heavy atom. The van der Waals surface area contributed by atoms with Crippen LogP contribution in [-0.4, -0.2) is 39.9 Å². The molecule has 0 aliphatic heterocycles. The Labute approximate surface area is 182 Å². The van der Waals surface area contributed by atoms with E-state index >= 15 is 0 Å². The zero-order chi connectivity index (χ0) is 21.8. The molecule has 3 rings (SSSR count). The highest BCUT2D eigenvalue weighted by molar-refractivity contribution is 7.78. The highest BCUT2D eigenvalue weighted by Gasteiger charge is 2.20. The van der Waals surface area contributed by atoms with Crippen molar-refractivity contribution in [3.8, 4) is 11.5 Å². The van der Waals surface area contributed by atoms with Gasteiger partial charge in [0.2, 0.25) is 0 Å². The monoisotopic (exact) mass is 469 g/mol. The Hall–Kier alpha value is -2.73.